The zero-order chi connectivity index (χ0) is 16.4. The van der Waals surface area contributed by atoms with E-state index in [4.69, 9.17) is 9.47 Å². The van der Waals surface area contributed by atoms with Crippen molar-refractivity contribution in [2.24, 2.45) is 5.92 Å². The second-order valence-electron chi connectivity index (χ2n) is 6.50. The number of ether oxygens (including phenoxy) is 2. The predicted octanol–water partition coefficient (Wildman–Crippen LogP) is 2.71. The average molecular weight is 327 g/mol. The van der Waals surface area contributed by atoms with E-state index in [9.17, 15) is 13.9 Å². The summed E-state index contributed by atoms with van der Waals surface area (Å²) < 4.78 is 37.6. The molecule has 0 spiro atoms. The molecule has 6 heteroatoms. The maximum Gasteiger partial charge on any atom is 0.160 e. The molecule has 2 aliphatic rings. The van der Waals surface area contributed by atoms with Gasteiger partial charge in [-0.3, -0.25) is 0 Å². The van der Waals surface area contributed by atoms with Crippen LogP contribution >= 0.6 is 0 Å². The molecule has 1 aliphatic carbocycles. The van der Waals surface area contributed by atoms with Crippen LogP contribution in [0.3, 0.4) is 0 Å². The zero-order valence-corrected chi connectivity index (χ0v) is 13.2. The van der Waals surface area contributed by atoms with Gasteiger partial charge in [0.05, 0.1) is 18.8 Å². The van der Waals surface area contributed by atoms with Crippen molar-refractivity contribution in [1.29, 1.82) is 0 Å². The van der Waals surface area contributed by atoms with Gasteiger partial charge in [0.1, 0.15) is 5.60 Å². The number of anilines is 1. The van der Waals surface area contributed by atoms with Gasteiger partial charge in [-0.2, -0.15) is 0 Å². The Morgan fingerprint density at radius 2 is 2.17 bits per heavy atom. The summed E-state index contributed by atoms with van der Waals surface area (Å²) in [7, 11) is 1.65. The van der Waals surface area contributed by atoms with Gasteiger partial charge in [0, 0.05) is 31.4 Å². The van der Waals surface area contributed by atoms with Crippen molar-refractivity contribution in [3.05, 3.63) is 29.8 Å². The first-order chi connectivity index (χ1) is 11.0. The summed E-state index contributed by atoms with van der Waals surface area (Å²) in [6, 6.07) is 3.44. The van der Waals surface area contributed by atoms with Crippen molar-refractivity contribution in [2.75, 3.05) is 25.6 Å². The molecule has 1 saturated carbocycles. The second kappa shape index (κ2) is 6.71. The Labute approximate surface area is 134 Å². The molecule has 0 bridgehead atoms. The lowest BCUT2D eigenvalue weighted by Gasteiger charge is -2.51. The number of hydrogen-bond donors (Lipinski definition) is 2. The number of methoxy groups -OCH3 is 1. The van der Waals surface area contributed by atoms with E-state index < -0.39 is 17.2 Å². The molecule has 1 aromatic carbocycles. The zero-order valence-electron chi connectivity index (χ0n) is 13.2. The van der Waals surface area contributed by atoms with Crippen LogP contribution in [-0.4, -0.2) is 43.2 Å². The maximum absolute atomic E-state index is 13.4. The topological polar surface area (TPSA) is 50.7 Å². The van der Waals surface area contributed by atoms with Crippen molar-refractivity contribution in [3.8, 4) is 0 Å². The summed E-state index contributed by atoms with van der Waals surface area (Å²) in [5.74, 6) is -1.63. The number of halogens is 2. The minimum atomic E-state index is -1.02. The largest absolute Gasteiger partial charge is 0.385 e. The van der Waals surface area contributed by atoms with Crippen LogP contribution in [0.25, 0.3) is 0 Å². The minimum absolute atomic E-state index is 0.147. The minimum Gasteiger partial charge on any atom is -0.385 e. The number of hydrogen-bond acceptors (Lipinski definition) is 4. The third-order valence-corrected chi connectivity index (χ3v) is 5.01. The van der Waals surface area contributed by atoms with Crippen LogP contribution in [0.15, 0.2) is 18.2 Å². The average Bonchev–Trinajstić information content (AvgIpc) is 2.53. The van der Waals surface area contributed by atoms with E-state index in [2.05, 4.69) is 5.32 Å². The van der Waals surface area contributed by atoms with E-state index in [1.165, 1.54) is 6.07 Å². The molecule has 0 radical (unpaired) electrons. The molecule has 23 heavy (non-hydrogen) atoms. The molecule has 128 valence electrons. The third-order valence-electron chi connectivity index (χ3n) is 5.01. The van der Waals surface area contributed by atoms with Crippen molar-refractivity contribution < 1.29 is 23.4 Å². The molecule has 3 rings (SSSR count). The Balaban J connectivity index is 1.80. The molecule has 4 nitrogen and oxygen atoms in total. The fraction of sp³-hybridized carbons (Fsp3) is 0.647. The van der Waals surface area contributed by atoms with Crippen LogP contribution in [0.2, 0.25) is 0 Å². The third kappa shape index (κ3) is 3.20. The fourth-order valence-corrected chi connectivity index (χ4v) is 3.92. The van der Waals surface area contributed by atoms with Crippen LogP contribution in [0, 0.1) is 17.6 Å². The standard InChI is InChI=1S/C17H23F2NO3/c1-22-10-11-3-6-15(17(21)7-2-8-23-16(11)17)20-12-4-5-13(18)14(19)9-12/h4-5,9,11,15-16,20-21H,2-3,6-8,10H2,1H3/t11?,15?,16?,17-/m0/s1. The normalized spacial score (nSPS) is 34.0. The molecule has 0 aromatic heterocycles. The summed E-state index contributed by atoms with van der Waals surface area (Å²) >= 11 is 0. The van der Waals surface area contributed by atoms with Gasteiger partial charge < -0.3 is 19.9 Å². The van der Waals surface area contributed by atoms with Gasteiger partial charge in [-0.25, -0.2) is 8.78 Å². The van der Waals surface area contributed by atoms with Crippen molar-refractivity contribution in [2.45, 2.75) is 43.4 Å². The molecule has 1 aliphatic heterocycles. The molecule has 1 aromatic rings. The molecule has 2 fully saturated rings. The lowest BCUT2D eigenvalue weighted by atomic mass is 9.69. The first-order valence-corrected chi connectivity index (χ1v) is 8.09. The first-order valence-electron chi connectivity index (χ1n) is 8.09. The number of fused-ring (bicyclic) bond motifs is 1. The smallest absolute Gasteiger partial charge is 0.160 e. The Hall–Kier alpha value is -1.24. The van der Waals surface area contributed by atoms with Crippen molar-refractivity contribution in [1.82, 2.24) is 0 Å². The number of aliphatic hydroxyl groups is 1. The summed E-state index contributed by atoms with van der Waals surface area (Å²) in [5.41, 5.74) is -0.554. The van der Waals surface area contributed by atoms with Crippen LogP contribution < -0.4 is 5.32 Å². The van der Waals surface area contributed by atoms with Crippen molar-refractivity contribution in [3.63, 3.8) is 0 Å². The maximum atomic E-state index is 13.4. The molecule has 1 saturated heterocycles. The van der Waals surface area contributed by atoms with E-state index in [0.29, 0.717) is 25.3 Å². The molecular formula is C17H23F2NO3. The molecule has 4 atom stereocenters. The summed E-state index contributed by atoms with van der Waals surface area (Å²) in [4.78, 5) is 0. The Bertz CT molecular complexity index is 557. The molecule has 1 heterocycles. The van der Waals surface area contributed by atoms with Gasteiger partial charge >= 0.3 is 0 Å². The second-order valence-corrected chi connectivity index (χ2v) is 6.50. The van der Waals surface area contributed by atoms with E-state index in [1.807, 2.05) is 0 Å². The van der Waals surface area contributed by atoms with Gasteiger partial charge in [0.25, 0.3) is 0 Å². The lowest BCUT2D eigenvalue weighted by Crippen LogP contribution is -2.64. The van der Waals surface area contributed by atoms with Crippen LogP contribution in [0.1, 0.15) is 25.7 Å². The van der Waals surface area contributed by atoms with Crippen LogP contribution in [-0.2, 0) is 9.47 Å². The SMILES string of the molecule is COCC1CCC(Nc2ccc(F)c(F)c2)[C@@]2(O)CCCOC12. The van der Waals surface area contributed by atoms with Crippen LogP contribution in [0.5, 0.6) is 0 Å². The van der Waals surface area contributed by atoms with E-state index in [0.717, 1.165) is 31.4 Å². The highest BCUT2D eigenvalue weighted by molar-refractivity contribution is 5.45. The number of nitrogens with one attached hydrogen (secondary N) is 1. The summed E-state index contributed by atoms with van der Waals surface area (Å²) in [6.45, 7) is 1.18. The highest BCUT2D eigenvalue weighted by Gasteiger charge is 2.52. The van der Waals surface area contributed by atoms with Crippen LogP contribution in [0.4, 0.5) is 14.5 Å². The van der Waals surface area contributed by atoms with Gasteiger partial charge in [-0.15, -0.1) is 0 Å². The summed E-state index contributed by atoms with van der Waals surface area (Å²) in [5, 5.41) is 14.4. The van der Waals surface area contributed by atoms with Gasteiger partial charge in [0.15, 0.2) is 11.6 Å². The Morgan fingerprint density at radius 3 is 2.91 bits per heavy atom. The van der Waals surface area contributed by atoms with Gasteiger partial charge in [-0.1, -0.05) is 0 Å². The number of benzene rings is 1. The Kier molecular flexibility index (Phi) is 4.85. The first kappa shape index (κ1) is 16.6. The van der Waals surface area contributed by atoms with Gasteiger partial charge in [0.2, 0.25) is 0 Å². The molecular weight excluding hydrogens is 304 g/mol. The lowest BCUT2D eigenvalue weighted by molar-refractivity contribution is -0.196. The molecule has 0 amide bonds. The Morgan fingerprint density at radius 1 is 1.35 bits per heavy atom. The van der Waals surface area contributed by atoms with E-state index >= 15 is 0 Å². The van der Waals surface area contributed by atoms with Gasteiger partial charge in [-0.05, 0) is 37.8 Å². The molecule has 3 unspecified atom stereocenters. The summed E-state index contributed by atoms with van der Waals surface area (Å²) in [6.07, 6.45) is 2.68. The van der Waals surface area contributed by atoms with Crippen molar-refractivity contribution >= 4 is 5.69 Å². The highest BCUT2D eigenvalue weighted by atomic mass is 19.2. The quantitative estimate of drug-likeness (QED) is 0.893. The monoisotopic (exact) mass is 327 g/mol. The molecule has 2 N–H and O–H groups in total. The number of rotatable bonds is 4. The van der Waals surface area contributed by atoms with E-state index in [1.54, 1.807) is 7.11 Å². The highest BCUT2D eigenvalue weighted by Crippen LogP contribution is 2.42. The van der Waals surface area contributed by atoms with E-state index in [-0.39, 0.29) is 18.1 Å². The predicted molar refractivity (Wildman–Crippen MR) is 82.3 cm³/mol. The fourth-order valence-electron chi connectivity index (χ4n) is 3.92.